The van der Waals surface area contributed by atoms with Crippen LogP contribution in [0.2, 0.25) is 0 Å². The van der Waals surface area contributed by atoms with E-state index < -0.39 is 6.29 Å². The minimum atomic E-state index is -0.477. The SMILES string of the molecule is CC1C(CN2CCCC2CN2CCCC2)OC(c2ccc(CNC(=O)NC34CC5CC(CC(C5)C3)C4)cc2)OC1c1ccc(CO)cc1. The van der Waals surface area contributed by atoms with Crippen molar-refractivity contribution >= 4 is 6.03 Å². The summed E-state index contributed by atoms with van der Waals surface area (Å²) in [5.41, 5.74) is 4.12. The monoisotopic (exact) mass is 656 g/mol. The van der Waals surface area contributed by atoms with Gasteiger partial charge in [-0.2, -0.15) is 0 Å². The number of benzene rings is 2. The van der Waals surface area contributed by atoms with Gasteiger partial charge in [-0.15, -0.1) is 0 Å². The number of aliphatic hydroxyl groups is 1. The molecule has 9 rings (SSSR count). The van der Waals surface area contributed by atoms with E-state index in [1.165, 1.54) is 64.6 Å². The van der Waals surface area contributed by atoms with Crippen LogP contribution in [0.3, 0.4) is 0 Å². The number of urea groups is 1. The van der Waals surface area contributed by atoms with Crippen molar-refractivity contribution in [3.05, 3.63) is 70.8 Å². The molecule has 2 amide bonds. The Balaban J connectivity index is 0.927. The molecule has 7 fully saturated rings. The van der Waals surface area contributed by atoms with Crippen LogP contribution in [0.4, 0.5) is 4.79 Å². The topological polar surface area (TPSA) is 86.3 Å². The average Bonchev–Trinajstić information content (AvgIpc) is 3.77. The Kier molecular flexibility index (Phi) is 9.55. The van der Waals surface area contributed by atoms with Crippen LogP contribution in [0.25, 0.3) is 0 Å². The van der Waals surface area contributed by atoms with Crippen molar-refractivity contribution in [1.82, 2.24) is 20.4 Å². The van der Waals surface area contributed by atoms with E-state index in [1.807, 2.05) is 12.1 Å². The standard InChI is InChI=1S/C40H56N4O4/c1-27-36(25-44-16-4-5-35(44)24-43-14-2-3-15-43)47-38(48-37(27)33-10-8-29(26-45)9-11-33)34-12-6-28(7-13-34)23-41-39(46)42-40-20-30-17-31(21-40)19-32(18-30)22-40/h6-13,27,30-32,35-38,45H,2-5,14-26H2,1H3,(H2,41,42,46). The molecule has 0 spiro atoms. The summed E-state index contributed by atoms with van der Waals surface area (Å²) in [5.74, 6) is 2.59. The van der Waals surface area contributed by atoms with Gasteiger partial charge in [0.2, 0.25) is 0 Å². The number of carbonyl (C=O) groups excluding carboxylic acids is 1. The predicted molar refractivity (Wildman–Crippen MR) is 186 cm³/mol. The van der Waals surface area contributed by atoms with Gasteiger partial charge in [-0.1, -0.05) is 55.5 Å². The van der Waals surface area contributed by atoms with E-state index in [0.717, 1.165) is 72.4 Å². The summed E-state index contributed by atoms with van der Waals surface area (Å²) in [6.07, 6.45) is 12.2. The minimum absolute atomic E-state index is 0.0181. The van der Waals surface area contributed by atoms with Crippen molar-refractivity contribution in [2.24, 2.45) is 23.7 Å². The lowest BCUT2D eigenvalue weighted by molar-refractivity contribution is -0.276. The summed E-state index contributed by atoms with van der Waals surface area (Å²) in [6.45, 7) is 8.48. The molecule has 4 bridgehead atoms. The van der Waals surface area contributed by atoms with E-state index in [2.05, 4.69) is 63.8 Å². The highest BCUT2D eigenvalue weighted by molar-refractivity contribution is 5.75. The number of amides is 2. The average molecular weight is 657 g/mol. The van der Waals surface area contributed by atoms with E-state index in [9.17, 15) is 9.90 Å². The summed E-state index contributed by atoms with van der Waals surface area (Å²) >= 11 is 0. The number of aliphatic hydroxyl groups excluding tert-OH is 1. The Morgan fingerprint density at radius 3 is 2.15 bits per heavy atom. The van der Waals surface area contributed by atoms with Gasteiger partial charge in [0.15, 0.2) is 6.29 Å². The third-order valence-corrected chi connectivity index (χ3v) is 12.8. The highest BCUT2D eigenvalue weighted by Gasteiger charge is 2.51. The van der Waals surface area contributed by atoms with Crippen molar-refractivity contribution in [2.75, 3.05) is 32.7 Å². The maximum absolute atomic E-state index is 13.1. The van der Waals surface area contributed by atoms with Crippen LogP contribution in [0.5, 0.6) is 0 Å². The first-order valence-corrected chi connectivity index (χ1v) is 19.0. The molecule has 260 valence electrons. The Morgan fingerprint density at radius 2 is 1.48 bits per heavy atom. The van der Waals surface area contributed by atoms with Crippen LogP contribution in [-0.4, -0.2) is 71.3 Å². The smallest absolute Gasteiger partial charge is 0.315 e. The van der Waals surface area contributed by atoms with E-state index in [-0.39, 0.29) is 36.3 Å². The number of nitrogens with one attached hydrogen (secondary N) is 2. The highest BCUT2D eigenvalue weighted by Crippen LogP contribution is 2.55. The van der Waals surface area contributed by atoms with E-state index in [4.69, 9.17) is 9.47 Å². The quantitative estimate of drug-likeness (QED) is 0.279. The summed E-state index contributed by atoms with van der Waals surface area (Å²) in [7, 11) is 0. The zero-order valence-corrected chi connectivity index (χ0v) is 28.8. The predicted octanol–water partition coefficient (Wildman–Crippen LogP) is 6.30. The number of hydrogen-bond donors (Lipinski definition) is 3. The molecule has 5 unspecified atom stereocenters. The van der Waals surface area contributed by atoms with Crippen LogP contribution in [0.1, 0.15) is 106 Å². The molecule has 8 nitrogen and oxygen atoms in total. The van der Waals surface area contributed by atoms with Gasteiger partial charge >= 0.3 is 6.03 Å². The van der Waals surface area contributed by atoms with Gasteiger partial charge in [0.1, 0.15) is 0 Å². The second kappa shape index (κ2) is 14.0. The van der Waals surface area contributed by atoms with Crippen molar-refractivity contribution in [2.45, 2.75) is 114 Å². The van der Waals surface area contributed by atoms with E-state index in [1.54, 1.807) is 0 Å². The molecule has 3 aliphatic heterocycles. The summed E-state index contributed by atoms with van der Waals surface area (Å²) in [6, 6.07) is 17.1. The maximum Gasteiger partial charge on any atom is 0.315 e. The van der Waals surface area contributed by atoms with E-state index in [0.29, 0.717) is 12.6 Å². The van der Waals surface area contributed by atoms with Crippen molar-refractivity contribution in [1.29, 1.82) is 0 Å². The lowest BCUT2D eigenvalue weighted by Crippen LogP contribution is -2.61. The Morgan fingerprint density at radius 1 is 0.833 bits per heavy atom. The molecule has 2 aromatic rings. The Hall–Kier alpha value is -2.49. The van der Waals surface area contributed by atoms with Gasteiger partial charge in [-0.05, 0) is 118 Å². The zero-order chi connectivity index (χ0) is 32.7. The van der Waals surface area contributed by atoms with Crippen molar-refractivity contribution in [3.8, 4) is 0 Å². The van der Waals surface area contributed by atoms with Gasteiger partial charge in [-0.3, -0.25) is 4.90 Å². The molecule has 8 heteroatoms. The molecule has 4 aliphatic carbocycles. The normalized spacial score (nSPS) is 36.5. The molecule has 0 aromatic heterocycles. The summed E-state index contributed by atoms with van der Waals surface area (Å²) in [5, 5.41) is 16.2. The number of hydrogen-bond acceptors (Lipinski definition) is 6. The van der Waals surface area contributed by atoms with Crippen LogP contribution in [0, 0.1) is 23.7 Å². The fourth-order valence-corrected chi connectivity index (χ4v) is 10.7. The number of rotatable bonds is 10. The number of carbonyl (C=O) groups is 1. The van der Waals surface area contributed by atoms with Crippen LogP contribution >= 0.6 is 0 Å². The van der Waals surface area contributed by atoms with E-state index >= 15 is 0 Å². The van der Waals surface area contributed by atoms with Gasteiger partial charge in [0.05, 0.1) is 18.8 Å². The van der Waals surface area contributed by atoms with Crippen LogP contribution in [0.15, 0.2) is 48.5 Å². The van der Waals surface area contributed by atoms with Crippen molar-refractivity contribution < 1.29 is 19.4 Å². The zero-order valence-electron chi connectivity index (χ0n) is 28.8. The largest absolute Gasteiger partial charge is 0.392 e. The number of ether oxygens (including phenoxy) is 2. The van der Waals surface area contributed by atoms with Gasteiger partial charge in [0.25, 0.3) is 0 Å². The number of nitrogens with zero attached hydrogens (tertiary/aromatic N) is 2. The van der Waals surface area contributed by atoms with Crippen LogP contribution in [-0.2, 0) is 22.6 Å². The molecule has 3 N–H and O–H groups in total. The molecule has 5 atom stereocenters. The molecular formula is C40H56N4O4. The highest BCUT2D eigenvalue weighted by atomic mass is 16.7. The van der Waals surface area contributed by atoms with Gasteiger partial charge in [0, 0.05) is 42.7 Å². The fraction of sp³-hybridized carbons (Fsp3) is 0.675. The molecule has 4 saturated carbocycles. The number of likely N-dealkylation sites (tertiary alicyclic amines) is 2. The van der Waals surface area contributed by atoms with Crippen molar-refractivity contribution in [3.63, 3.8) is 0 Å². The molecule has 48 heavy (non-hydrogen) atoms. The molecule has 7 aliphatic rings. The molecule has 2 aromatic carbocycles. The third-order valence-electron chi connectivity index (χ3n) is 12.8. The second-order valence-electron chi connectivity index (χ2n) is 16.4. The van der Waals surface area contributed by atoms with Gasteiger partial charge in [-0.25, -0.2) is 4.79 Å². The lowest BCUT2D eigenvalue weighted by atomic mass is 9.53. The Bertz CT molecular complexity index is 1360. The fourth-order valence-electron chi connectivity index (χ4n) is 10.7. The minimum Gasteiger partial charge on any atom is -0.392 e. The maximum atomic E-state index is 13.1. The first kappa shape index (κ1) is 32.7. The van der Waals surface area contributed by atoms with Gasteiger partial charge < -0.3 is 30.1 Å². The second-order valence-corrected chi connectivity index (χ2v) is 16.4. The van der Waals surface area contributed by atoms with Crippen LogP contribution < -0.4 is 10.6 Å². The molecule has 0 radical (unpaired) electrons. The molecule has 3 saturated heterocycles. The molecule has 3 heterocycles. The first-order valence-electron chi connectivity index (χ1n) is 19.0. The summed E-state index contributed by atoms with van der Waals surface area (Å²) < 4.78 is 13.6. The summed E-state index contributed by atoms with van der Waals surface area (Å²) in [4.78, 5) is 18.4. The lowest BCUT2D eigenvalue weighted by Gasteiger charge is -2.56. The Labute approximate surface area is 286 Å². The molecular weight excluding hydrogens is 600 g/mol. The first-order chi connectivity index (χ1) is 23.4. The third kappa shape index (κ3) is 7.06.